The van der Waals surface area contributed by atoms with Crippen molar-refractivity contribution >= 4 is 17.7 Å². The van der Waals surface area contributed by atoms with Crippen molar-refractivity contribution in [2.75, 3.05) is 11.9 Å². The van der Waals surface area contributed by atoms with E-state index in [0.717, 1.165) is 11.6 Å². The minimum atomic E-state index is -0.177. The van der Waals surface area contributed by atoms with Gasteiger partial charge in [-0.3, -0.25) is 4.79 Å². The SMILES string of the molecule is CCNc1nccc(Sc2nccc(=O)[nH]2)n1. The summed E-state index contributed by atoms with van der Waals surface area (Å²) in [5, 5.41) is 4.26. The molecule has 7 heteroatoms. The van der Waals surface area contributed by atoms with Crippen molar-refractivity contribution < 1.29 is 0 Å². The van der Waals surface area contributed by atoms with Crippen molar-refractivity contribution in [3.05, 3.63) is 34.9 Å². The number of anilines is 1. The molecule has 0 aliphatic rings. The third-order valence-corrected chi connectivity index (χ3v) is 2.65. The molecule has 0 aliphatic carbocycles. The first-order valence-electron chi connectivity index (χ1n) is 5.08. The predicted molar refractivity (Wildman–Crippen MR) is 65.2 cm³/mol. The second-order valence-corrected chi connectivity index (χ2v) is 4.10. The summed E-state index contributed by atoms with van der Waals surface area (Å²) in [5.41, 5.74) is -0.177. The predicted octanol–water partition coefficient (Wildman–Crippen LogP) is 1.14. The van der Waals surface area contributed by atoms with E-state index >= 15 is 0 Å². The molecule has 88 valence electrons. The average molecular weight is 249 g/mol. The topological polar surface area (TPSA) is 83.6 Å². The van der Waals surface area contributed by atoms with Crippen LogP contribution in [0.3, 0.4) is 0 Å². The number of aromatic amines is 1. The Labute approximate surface area is 102 Å². The van der Waals surface area contributed by atoms with Crippen molar-refractivity contribution in [1.29, 1.82) is 0 Å². The Hall–Kier alpha value is -1.89. The molecule has 0 aromatic carbocycles. The van der Waals surface area contributed by atoms with Crippen LogP contribution in [-0.2, 0) is 0 Å². The van der Waals surface area contributed by atoms with E-state index in [1.54, 1.807) is 12.3 Å². The van der Waals surface area contributed by atoms with E-state index in [2.05, 4.69) is 25.3 Å². The minimum absolute atomic E-state index is 0.177. The Balaban J connectivity index is 2.18. The highest BCUT2D eigenvalue weighted by atomic mass is 32.2. The normalized spacial score (nSPS) is 10.2. The van der Waals surface area contributed by atoms with Crippen LogP contribution in [0.5, 0.6) is 0 Å². The molecule has 0 amide bonds. The van der Waals surface area contributed by atoms with E-state index in [4.69, 9.17) is 0 Å². The van der Waals surface area contributed by atoms with Gasteiger partial charge in [0.1, 0.15) is 5.03 Å². The lowest BCUT2D eigenvalue weighted by Crippen LogP contribution is -2.05. The summed E-state index contributed by atoms with van der Waals surface area (Å²) >= 11 is 1.28. The molecule has 17 heavy (non-hydrogen) atoms. The maximum absolute atomic E-state index is 11.1. The zero-order valence-electron chi connectivity index (χ0n) is 9.17. The van der Waals surface area contributed by atoms with Gasteiger partial charge in [-0.15, -0.1) is 0 Å². The Morgan fingerprint density at radius 2 is 2.18 bits per heavy atom. The van der Waals surface area contributed by atoms with Gasteiger partial charge in [0.15, 0.2) is 5.16 Å². The van der Waals surface area contributed by atoms with Crippen LogP contribution in [-0.4, -0.2) is 26.5 Å². The van der Waals surface area contributed by atoms with Gasteiger partial charge >= 0.3 is 0 Å². The maximum Gasteiger partial charge on any atom is 0.251 e. The summed E-state index contributed by atoms with van der Waals surface area (Å²) in [5.74, 6) is 0.566. The zero-order valence-corrected chi connectivity index (χ0v) is 9.99. The fourth-order valence-corrected chi connectivity index (χ4v) is 1.87. The number of aromatic nitrogens is 4. The van der Waals surface area contributed by atoms with Gasteiger partial charge in [-0.1, -0.05) is 0 Å². The van der Waals surface area contributed by atoms with Gasteiger partial charge in [-0.25, -0.2) is 15.0 Å². The average Bonchev–Trinajstić information content (AvgIpc) is 2.30. The molecular weight excluding hydrogens is 238 g/mol. The fraction of sp³-hybridized carbons (Fsp3) is 0.200. The molecule has 2 rings (SSSR count). The molecule has 0 aliphatic heterocycles. The molecule has 2 N–H and O–H groups in total. The van der Waals surface area contributed by atoms with E-state index in [-0.39, 0.29) is 5.56 Å². The van der Waals surface area contributed by atoms with Crippen LogP contribution >= 0.6 is 11.8 Å². The van der Waals surface area contributed by atoms with Crippen LogP contribution in [0.15, 0.2) is 39.5 Å². The van der Waals surface area contributed by atoms with Crippen LogP contribution in [0.2, 0.25) is 0 Å². The number of hydrogen-bond acceptors (Lipinski definition) is 6. The molecule has 0 atom stereocenters. The minimum Gasteiger partial charge on any atom is -0.354 e. The maximum atomic E-state index is 11.1. The van der Waals surface area contributed by atoms with Gasteiger partial charge in [-0.2, -0.15) is 0 Å². The van der Waals surface area contributed by atoms with Crippen molar-refractivity contribution in [3.8, 4) is 0 Å². The van der Waals surface area contributed by atoms with Crippen LogP contribution in [0, 0.1) is 0 Å². The third-order valence-electron chi connectivity index (χ3n) is 1.81. The number of H-pyrrole nitrogens is 1. The molecule has 0 radical (unpaired) electrons. The molecule has 0 unspecified atom stereocenters. The number of hydrogen-bond donors (Lipinski definition) is 2. The first-order valence-corrected chi connectivity index (χ1v) is 5.89. The van der Waals surface area contributed by atoms with Gasteiger partial charge in [0, 0.05) is 25.0 Å². The molecule has 2 aromatic heterocycles. The molecule has 6 nitrogen and oxygen atoms in total. The molecule has 2 aromatic rings. The first-order chi connectivity index (χ1) is 8.28. The molecule has 0 bridgehead atoms. The zero-order chi connectivity index (χ0) is 12.1. The van der Waals surface area contributed by atoms with Crippen LogP contribution < -0.4 is 10.9 Å². The molecular formula is C10H11N5OS. The van der Waals surface area contributed by atoms with E-state index in [1.165, 1.54) is 24.0 Å². The highest BCUT2D eigenvalue weighted by Gasteiger charge is 2.02. The van der Waals surface area contributed by atoms with Crippen LogP contribution in [0.25, 0.3) is 0 Å². The van der Waals surface area contributed by atoms with Crippen molar-refractivity contribution in [1.82, 2.24) is 19.9 Å². The smallest absolute Gasteiger partial charge is 0.251 e. The van der Waals surface area contributed by atoms with E-state index in [0.29, 0.717) is 11.1 Å². The third kappa shape index (κ3) is 3.28. The van der Waals surface area contributed by atoms with Gasteiger partial charge in [0.25, 0.3) is 5.56 Å². The Morgan fingerprint density at radius 1 is 1.35 bits per heavy atom. The second kappa shape index (κ2) is 5.44. The summed E-state index contributed by atoms with van der Waals surface area (Å²) in [6, 6.07) is 3.13. The highest BCUT2D eigenvalue weighted by molar-refractivity contribution is 7.99. The number of nitrogens with one attached hydrogen (secondary N) is 2. The summed E-state index contributed by atoms with van der Waals surface area (Å²) in [6.07, 6.45) is 3.13. The highest BCUT2D eigenvalue weighted by Crippen LogP contribution is 2.21. The van der Waals surface area contributed by atoms with E-state index in [1.807, 2.05) is 6.92 Å². The Bertz CT molecular complexity index is 556. The molecule has 0 spiro atoms. The Morgan fingerprint density at radius 3 is 2.94 bits per heavy atom. The second-order valence-electron chi connectivity index (χ2n) is 3.09. The monoisotopic (exact) mass is 249 g/mol. The number of nitrogens with zero attached hydrogens (tertiary/aromatic N) is 3. The molecule has 0 saturated carbocycles. The van der Waals surface area contributed by atoms with E-state index < -0.39 is 0 Å². The van der Waals surface area contributed by atoms with Crippen molar-refractivity contribution in [3.63, 3.8) is 0 Å². The van der Waals surface area contributed by atoms with Gasteiger partial charge in [-0.05, 0) is 24.8 Å². The van der Waals surface area contributed by atoms with Gasteiger partial charge < -0.3 is 10.3 Å². The van der Waals surface area contributed by atoms with Crippen LogP contribution in [0.1, 0.15) is 6.92 Å². The van der Waals surface area contributed by atoms with Crippen molar-refractivity contribution in [2.45, 2.75) is 17.1 Å². The fourth-order valence-electron chi connectivity index (χ4n) is 1.15. The van der Waals surface area contributed by atoms with Gasteiger partial charge in [0.05, 0.1) is 0 Å². The Kier molecular flexibility index (Phi) is 3.71. The molecule has 2 heterocycles. The van der Waals surface area contributed by atoms with Crippen molar-refractivity contribution in [2.24, 2.45) is 0 Å². The molecule has 0 fully saturated rings. The first kappa shape index (κ1) is 11.6. The lowest BCUT2D eigenvalue weighted by Gasteiger charge is -2.03. The van der Waals surface area contributed by atoms with E-state index in [9.17, 15) is 4.79 Å². The lowest BCUT2D eigenvalue weighted by molar-refractivity contribution is 0.928. The summed E-state index contributed by atoms with van der Waals surface area (Å²) in [7, 11) is 0. The van der Waals surface area contributed by atoms with Gasteiger partial charge in [0.2, 0.25) is 5.95 Å². The summed E-state index contributed by atoms with van der Waals surface area (Å²) < 4.78 is 0. The largest absolute Gasteiger partial charge is 0.354 e. The molecule has 0 saturated heterocycles. The summed E-state index contributed by atoms with van der Waals surface area (Å²) in [6.45, 7) is 2.73. The lowest BCUT2D eigenvalue weighted by atomic mass is 10.6. The van der Waals surface area contributed by atoms with Crippen LogP contribution in [0.4, 0.5) is 5.95 Å². The standard InChI is InChI=1S/C10H11N5OS/c1-2-11-9-12-6-4-8(15-9)17-10-13-5-3-7(16)14-10/h3-6H,2H2,1H3,(H,11,12,15)(H,13,14,16). The summed E-state index contributed by atoms with van der Waals surface area (Å²) in [4.78, 5) is 26.1. The quantitative estimate of drug-likeness (QED) is 0.624. The number of rotatable bonds is 4.